The van der Waals surface area contributed by atoms with Gasteiger partial charge in [0.2, 0.25) is 5.82 Å². The minimum absolute atomic E-state index is 0.211. The maximum Gasteiger partial charge on any atom is 0.252 e. The molecule has 128 valence electrons. The zero-order valence-electron chi connectivity index (χ0n) is 14.6. The lowest BCUT2D eigenvalue weighted by atomic mass is 10.1. The molecule has 5 nitrogen and oxygen atoms in total. The second-order valence-corrected chi connectivity index (χ2v) is 6.93. The van der Waals surface area contributed by atoms with Crippen LogP contribution in [-0.2, 0) is 12.1 Å². The predicted molar refractivity (Wildman–Crippen MR) is 98.1 cm³/mol. The molecule has 0 radical (unpaired) electrons. The Morgan fingerprint density at radius 2 is 1.76 bits per heavy atom. The molecular formula is C20H22N4O. The summed E-state index contributed by atoms with van der Waals surface area (Å²) in [6.45, 7) is 0.919. The van der Waals surface area contributed by atoms with Gasteiger partial charge in [-0.05, 0) is 44.6 Å². The molecule has 5 heteroatoms. The number of aromatic nitrogens is 2. The molecule has 0 amide bonds. The van der Waals surface area contributed by atoms with Gasteiger partial charge in [-0.3, -0.25) is 0 Å². The van der Waals surface area contributed by atoms with Crippen molar-refractivity contribution in [2.24, 2.45) is 0 Å². The van der Waals surface area contributed by atoms with Gasteiger partial charge >= 0.3 is 0 Å². The van der Waals surface area contributed by atoms with Crippen LogP contribution in [0.3, 0.4) is 0 Å². The molecule has 0 saturated heterocycles. The fraction of sp³-hybridized carbons (Fsp3) is 0.300. The van der Waals surface area contributed by atoms with Gasteiger partial charge in [-0.1, -0.05) is 47.6 Å². The standard InChI is InChI=1S/C20H22N4O/c1-24(2)14-15-8-10-16(11-9-15)18-21-19(25-23-18)20(12-13-20)22-17-6-4-3-5-7-17/h3-11,22H,12-14H2,1-2H3. The number of hydrogen-bond acceptors (Lipinski definition) is 5. The Kier molecular flexibility index (Phi) is 4.01. The molecule has 0 spiro atoms. The van der Waals surface area contributed by atoms with E-state index < -0.39 is 0 Å². The topological polar surface area (TPSA) is 54.2 Å². The quantitative estimate of drug-likeness (QED) is 0.741. The van der Waals surface area contributed by atoms with Crippen molar-refractivity contribution in [3.05, 3.63) is 66.1 Å². The third-order valence-corrected chi connectivity index (χ3v) is 4.45. The number of hydrogen-bond donors (Lipinski definition) is 1. The Morgan fingerprint density at radius 3 is 2.40 bits per heavy atom. The summed E-state index contributed by atoms with van der Waals surface area (Å²) in [6, 6.07) is 18.5. The minimum atomic E-state index is -0.211. The molecule has 25 heavy (non-hydrogen) atoms. The van der Waals surface area contributed by atoms with Crippen LogP contribution in [0.1, 0.15) is 24.3 Å². The van der Waals surface area contributed by atoms with Gasteiger partial charge in [0.25, 0.3) is 5.89 Å². The van der Waals surface area contributed by atoms with E-state index in [1.807, 2.05) is 18.2 Å². The van der Waals surface area contributed by atoms with Gasteiger partial charge in [-0.2, -0.15) is 4.98 Å². The number of nitrogens with zero attached hydrogens (tertiary/aromatic N) is 3. The Labute approximate surface area is 147 Å². The van der Waals surface area contributed by atoms with Crippen LogP contribution in [0.4, 0.5) is 5.69 Å². The number of anilines is 1. The fourth-order valence-corrected chi connectivity index (χ4v) is 2.97. The largest absolute Gasteiger partial charge is 0.371 e. The van der Waals surface area contributed by atoms with Crippen molar-refractivity contribution in [3.63, 3.8) is 0 Å². The van der Waals surface area contributed by atoms with Gasteiger partial charge in [0.05, 0.1) is 0 Å². The Balaban J connectivity index is 1.52. The Hall–Kier alpha value is -2.66. The zero-order chi connectivity index (χ0) is 17.3. The first-order valence-corrected chi connectivity index (χ1v) is 8.56. The predicted octanol–water partition coefficient (Wildman–Crippen LogP) is 3.90. The van der Waals surface area contributed by atoms with E-state index >= 15 is 0 Å². The van der Waals surface area contributed by atoms with Crippen molar-refractivity contribution in [2.75, 3.05) is 19.4 Å². The molecule has 4 rings (SSSR count). The normalized spacial score (nSPS) is 15.3. The highest BCUT2D eigenvalue weighted by Crippen LogP contribution is 2.47. The van der Waals surface area contributed by atoms with Gasteiger partial charge in [0.1, 0.15) is 5.54 Å². The fourth-order valence-electron chi connectivity index (χ4n) is 2.97. The molecule has 0 bridgehead atoms. The van der Waals surface area contributed by atoms with E-state index in [2.05, 4.69) is 70.9 Å². The maximum absolute atomic E-state index is 5.58. The van der Waals surface area contributed by atoms with Crippen LogP contribution in [-0.4, -0.2) is 29.1 Å². The van der Waals surface area contributed by atoms with Crippen LogP contribution >= 0.6 is 0 Å². The van der Waals surface area contributed by atoms with Crippen molar-refractivity contribution in [2.45, 2.75) is 24.9 Å². The van der Waals surface area contributed by atoms with E-state index in [1.165, 1.54) is 5.56 Å². The third kappa shape index (κ3) is 3.42. The third-order valence-electron chi connectivity index (χ3n) is 4.45. The van der Waals surface area contributed by atoms with Crippen LogP contribution in [0, 0.1) is 0 Å². The summed E-state index contributed by atoms with van der Waals surface area (Å²) >= 11 is 0. The molecule has 1 aliphatic carbocycles. The zero-order valence-corrected chi connectivity index (χ0v) is 14.6. The van der Waals surface area contributed by atoms with Crippen LogP contribution < -0.4 is 5.32 Å². The minimum Gasteiger partial charge on any atom is -0.371 e. The van der Waals surface area contributed by atoms with Crippen LogP contribution in [0.25, 0.3) is 11.4 Å². The molecule has 1 N–H and O–H groups in total. The van der Waals surface area contributed by atoms with Gasteiger partial charge in [-0.15, -0.1) is 0 Å². The molecule has 0 unspecified atom stereocenters. The highest BCUT2D eigenvalue weighted by molar-refractivity contribution is 5.55. The van der Waals surface area contributed by atoms with E-state index in [0.717, 1.165) is 30.6 Å². The highest BCUT2D eigenvalue weighted by atomic mass is 16.5. The molecule has 1 saturated carbocycles. The van der Waals surface area contributed by atoms with E-state index in [1.54, 1.807) is 0 Å². The smallest absolute Gasteiger partial charge is 0.252 e. The number of para-hydroxylation sites is 1. The SMILES string of the molecule is CN(C)Cc1ccc(-c2noc(C3(Nc4ccccc4)CC3)n2)cc1. The average Bonchev–Trinajstić information content (AvgIpc) is 3.21. The van der Waals surface area contributed by atoms with Gasteiger partial charge in [-0.25, -0.2) is 0 Å². The van der Waals surface area contributed by atoms with Crippen molar-refractivity contribution >= 4 is 5.69 Å². The van der Waals surface area contributed by atoms with Crippen molar-refractivity contribution < 1.29 is 4.52 Å². The Morgan fingerprint density at radius 1 is 1.04 bits per heavy atom. The highest BCUT2D eigenvalue weighted by Gasteiger charge is 2.49. The molecule has 1 aromatic heterocycles. The van der Waals surface area contributed by atoms with E-state index in [-0.39, 0.29) is 5.54 Å². The summed E-state index contributed by atoms with van der Waals surface area (Å²) in [5, 5.41) is 7.73. The number of rotatable bonds is 6. The summed E-state index contributed by atoms with van der Waals surface area (Å²) in [5.74, 6) is 1.32. The van der Waals surface area contributed by atoms with E-state index in [4.69, 9.17) is 4.52 Å². The molecule has 0 atom stereocenters. The van der Waals surface area contributed by atoms with E-state index in [0.29, 0.717) is 11.7 Å². The molecule has 2 aromatic carbocycles. The second kappa shape index (κ2) is 6.33. The molecule has 1 aliphatic rings. The lowest BCUT2D eigenvalue weighted by Crippen LogP contribution is -2.19. The first-order chi connectivity index (χ1) is 12.1. The molecule has 1 heterocycles. The van der Waals surface area contributed by atoms with Crippen LogP contribution in [0.2, 0.25) is 0 Å². The molecular weight excluding hydrogens is 312 g/mol. The lowest BCUT2D eigenvalue weighted by molar-refractivity contribution is 0.356. The number of nitrogens with one attached hydrogen (secondary N) is 1. The van der Waals surface area contributed by atoms with Gasteiger partial charge in [0, 0.05) is 17.8 Å². The van der Waals surface area contributed by atoms with Gasteiger partial charge in [0.15, 0.2) is 0 Å². The summed E-state index contributed by atoms with van der Waals surface area (Å²) < 4.78 is 5.58. The summed E-state index contributed by atoms with van der Waals surface area (Å²) in [7, 11) is 4.13. The maximum atomic E-state index is 5.58. The molecule has 1 fully saturated rings. The van der Waals surface area contributed by atoms with Crippen molar-refractivity contribution in [3.8, 4) is 11.4 Å². The first kappa shape index (κ1) is 15.8. The molecule has 3 aromatic rings. The lowest BCUT2D eigenvalue weighted by Gasteiger charge is -2.14. The summed E-state index contributed by atoms with van der Waals surface area (Å²) in [5.41, 5.74) is 3.11. The van der Waals surface area contributed by atoms with E-state index in [9.17, 15) is 0 Å². The number of benzene rings is 2. The summed E-state index contributed by atoms with van der Waals surface area (Å²) in [4.78, 5) is 6.80. The van der Waals surface area contributed by atoms with Crippen molar-refractivity contribution in [1.29, 1.82) is 0 Å². The van der Waals surface area contributed by atoms with Crippen molar-refractivity contribution in [1.82, 2.24) is 15.0 Å². The monoisotopic (exact) mass is 334 g/mol. The summed E-state index contributed by atoms with van der Waals surface area (Å²) in [6.07, 6.45) is 2.01. The molecule has 0 aliphatic heterocycles. The first-order valence-electron chi connectivity index (χ1n) is 8.56. The Bertz CT molecular complexity index is 836. The van der Waals surface area contributed by atoms with Gasteiger partial charge < -0.3 is 14.7 Å². The second-order valence-electron chi connectivity index (χ2n) is 6.93. The average molecular weight is 334 g/mol. The van der Waals surface area contributed by atoms with Crippen LogP contribution in [0.5, 0.6) is 0 Å². The van der Waals surface area contributed by atoms with Crippen LogP contribution in [0.15, 0.2) is 59.1 Å².